The lowest BCUT2D eigenvalue weighted by molar-refractivity contribution is -0.142. The number of amides is 1. The highest BCUT2D eigenvalue weighted by atomic mass is 16.5. The Balaban J connectivity index is 2.29. The first-order chi connectivity index (χ1) is 6.63. The number of likely N-dealkylation sites (tertiary alicyclic amines) is 1. The van der Waals surface area contributed by atoms with Gasteiger partial charge in [-0.1, -0.05) is 0 Å². The van der Waals surface area contributed by atoms with E-state index in [2.05, 4.69) is 4.74 Å². The lowest BCUT2D eigenvalue weighted by Gasteiger charge is -2.30. The van der Waals surface area contributed by atoms with Crippen molar-refractivity contribution in [3.63, 3.8) is 0 Å². The van der Waals surface area contributed by atoms with E-state index < -0.39 is 0 Å². The van der Waals surface area contributed by atoms with E-state index in [9.17, 15) is 9.59 Å². The molecule has 0 N–H and O–H groups in total. The molecule has 4 nitrogen and oxygen atoms in total. The Morgan fingerprint density at radius 3 is 2.36 bits per heavy atom. The average molecular weight is 199 g/mol. The monoisotopic (exact) mass is 199 g/mol. The van der Waals surface area contributed by atoms with Gasteiger partial charge in [-0.15, -0.1) is 0 Å². The second-order valence-corrected chi connectivity index (χ2v) is 3.73. The van der Waals surface area contributed by atoms with Crippen molar-refractivity contribution in [1.29, 1.82) is 0 Å². The first-order valence-corrected chi connectivity index (χ1v) is 4.95. The predicted octanol–water partition coefficient (Wildman–Crippen LogP) is 0.808. The van der Waals surface area contributed by atoms with E-state index >= 15 is 0 Å². The second kappa shape index (κ2) is 4.98. The number of hydrogen-bond acceptors (Lipinski definition) is 3. The molecule has 0 aromatic heterocycles. The molecule has 0 bridgehead atoms. The van der Waals surface area contributed by atoms with Crippen LogP contribution in [0.4, 0.5) is 0 Å². The summed E-state index contributed by atoms with van der Waals surface area (Å²) in [5.41, 5.74) is 0. The Hall–Kier alpha value is -1.06. The Morgan fingerprint density at radius 1 is 1.36 bits per heavy atom. The highest BCUT2D eigenvalue weighted by Gasteiger charge is 2.22. The SMILES string of the molecule is COC(=O)CC1CCN(C(C)=O)CC1. The van der Waals surface area contributed by atoms with Gasteiger partial charge in [0.15, 0.2) is 0 Å². The maximum absolute atomic E-state index is 11.0. The minimum atomic E-state index is -0.147. The first kappa shape index (κ1) is 11.0. The van der Waals surface area contributed by atoms with Crippen LogP contribution in [-0.2, 0) is 14.3 Å². The van der Waals surface area contributed by atoms with Crippen LogP contribution in [0.15, 0.2) is 0 Å². The molecule has 0 radical (unpaired) electrons. The van der Waals surface area contributed by atoms with Gasteiger partial charge in [-0.2, -0.15) is 0 Å². The van der Waals surface area contributed by atoms with E-state index in [0.717, 1.165) is 25.9 Å². The van der Waals surface area contributed by atoms with Gasteiger partial charge in [0.05, 0.1) is 7.11 Å². The molecule has 0 aromatic carbocycles. The molecule has 0 unspecified atom stereocenters. The topological polar surface area (TPSA) is 46.6 Å². The minimum Gasteiger partial charge on any atom is -0.469 e. The van der Waals surface area contributed by atoms with E-state index in [4.69, 9.17) is 0 Å². The van der Waals surface area contributed by atoms with Gasteiger partial charge in [-0.3, -0.25) is 9.59 Å². The van der Waals surface area contributed by atoms with Crippen LogP contribution in [0.25, 0.3) is 0 Å². The van der Waals surface area contributed by atoms with Crippen LogP contribution < -0.4 is 0 Å². The number of esters is 1. The fraction of sp³-hybridized carbons (Fsp3) is 0.800. The van der Waals surface area contributed by atoms with E-state index in [1.54, 1.807) is 6.92 Å². The number of nitrogens with zero attached hydrogens (tertiary/aromatic N) is 1. The van der Waals surface area contributed by atoms with Crippen molar-refractivity contribution in [3.05, 3.63) is 0 Å². The molecule has 4 heteroatoms. The second-order valence-electron chi connectivity index (χ2n) is 3.73. The molecular formula is C10H17NO3. The molecule has 0 aromatic rings. The van der Waals surface area contributed by atoms with E-state index in [1.165, 1.54) is 7.11 Å². The minimum absolute atomic E-state index is 0.126. The predicted molar refractivity (Wildman–Crippen MR) is 51.6 cm³/mol. The molecular weight excluding hydrogens is 182 g/mol. The molecule has 1 amide bonds. The maximum Gasteiger partial charge on any atom is 0.305 e. The van der Waals surface area contributed by atoms with Crippen molar-refractivity contribution in [2.24, 2.45) is 5.92 Å². The summed E-state index contributed by atoms with van der Waals surface area (Å²) in [6, 6.07) is 0. The summed E-state index contributed by atoms with van der Waals surface area (Å²) in [5, 5.41) is 0. The zero-order valence-electron chi connectivity index (χ0n) is 8.78. The van der Waals surface area contributed by atoms with Gasteiger partial charge < -0.3 is 9.64 Å². The number of carbonyl (C=O) groups excluding carboxylic acids is 2. The van der Waals surface area contributed by atoms with Gasteiger partial charge in [-0.05, 0) is 18.8 Å². The summed E-state index contributed by atoms with van der Waals surface area (Å²) in [4.78, 5) is 23.8. The van der Waals surface area contributed by atoms with Gasteiger partial charge >= 0.3 is 5.97 Å². The Labute approximate surface area is 84.2 Å². The van der Waals surface area contributed by atoms with Crippen LogP contribution in [0.3, 0.4) is 0 Å². The lowest BCUT2D eigenvalue weighted by Crippen LogP contribution is -2.37. The molecule has 1 fully saturated rings. The van der Waals surface area contributed by atoms with Crippen LogP contribution in [0, 0.1) is 5.92 Å². The number of ether oxygens (including phenoxy) is 1. The van der Waals surface area contributed by atoms with Gasteiger partial charge in [0.1, 0.15) is 0 Å². The summed E-state index contributed by atoms with van der Waals surface area (Å²) >= 11 is 0. The fourth-order valence-corrected chi connectivity index (χ4v) is 1.77. The standard InChI is InChI=1S/C10H17NO3/c1-8(12)11-5-3-9(4-6-11)7-10(13)14-2/h9H,3-7H2,1-2H3. The summed E-state index contributed by atoms with van der Waals surface area (Å²) in [6.07, 6.45) is 2.31. The molecule has 0 saturated carbocycles. The number of hydrogen-bond donors (Lipinski definition) is 0. The maximum atomic E-state index is 11.0. The average Bonchev–Trinajstić information content (AvgIpc) is 2.18. The van der Waals surface area contributed by atoms with Crippen LogP contribution >= 0.6 is 0 Å². The van der Waals surface area contributed by atoms with Crippen LogP contribution in [-0.4, -0.2) is 37.0 Å². The van der Waals surface area contributed by atoms with E-state index in [1.807, 2.05) is 4.90 Å². The molecule has 0 spiro atoms. The summed E-state index contributed by atoms with van der Waals surface area (Å²) in [5.74, 6) is 0.367. The zero-order valence-corrected chi connectivity index (χ0v) is 8.78. The molecule has 1 heterocycles. The molecule has 1 saturated heterocycles. The lowest BCUT2D eigenvalue weighted by atomic mass is 9.93. The van der Waals surface area contributed by atoms with Crippen molar-refractivity contribution >= 4 is 11.9 Å². The summed E-state index contributed by atoms with van der Waals surface area (Å²) < 4.78 is 4.61. The quantitative estimate of drug-likeness (QED) is 0.618. The zero-order chi connectivity index (χ0) is 10.6. The van der Waals surface area contributed by atoms with Crippen LogP contribution in [0.2, 0.25) is 0 Å². The third kappa shape index (κ3) is 3.01. The molecule has 14 heavy (non-hydrogen) atoms. The van der Waals surface area contributed by atoms with Crippen molar-refractivity contribution in [2.45, 2.75) is 26.2 Å². The van der Waals surface area contributed by atoms with Crippen LogP contribution in [0.5, 0.6) is 0 Å². The van der Waals surface area contributed by atoms with E-state index in [0.29, 0.717) is 12.3 Å². The van der Waals surface area contributed by atoms with Gasteiger partial charge in [0.25, 0.3) is 0 Å². The fourth-order valence-electron chi connectivity index (χ4n) is 1.77. The normalized spacial score (nSPS) is 18.0. The smallest absolute Gasteiger partial charge is 0.305 e. The number of piperidine rings is 1. The first-order valence-electron chi connectivity index (χ1n) is 4.95. The number of carbonyl (C=O) groups is 2. The van der Waals surface area contributed by atoms with Crippen molar-refractivity contribution in [2.75, 3.05) is 20.2 Å². The molecule has 0 aliphatic carbocycles. The van der Waals surface area contributed by atoms with E-state index in [-0.39, 0.29) is 11.9 Å². The Kier molecular flexibility index (Phi) is 3.92. The number of methoxy groups -OCH3 is 1. The summed E-state index contributed by atoms with van der Waals surface area (Å²) in [7, 11) is 1.41. The third-order valence-electron chi connectivity index (χ3n) is 2.74. The van der Waals surface area contributed by atoms with Gasteiger partial charge in [0, 0.05) is 26.4 Å². The van der Waals surface area contributed by atoms with Crippen LogP contribution in [0.1, 0.15) is 26.2 Å². The summed E-state index contributed by atoms with van der Waals surface area (Å²) in [6.45, 7) is 3.13. The van der Waals surface area contributed by atoms with Crippen molar-refractivity contribution in [3.8, 4) is 0 Å². The Morgan fingerprint density at radius 2 is 1.93 bits per heavy atom. The number of rotatable bonds is 2. The third-order valence-corrected chi connectivity index (χ3v) is 2.74. The van der Waals surface area contributed by atoms with Crippen molar-refractivity contribution in [1.82, 2.24) is 4.90 Å². The van der Waals surface area contributed by atoms with Gasteiger partial charge in [-0.25, -0.2) is 0 Å². The highest BCUT2D eigenvalue weighted by Crippen LogP contribution is 2.20. The molecule has 1 aliphatic rings. The Bertz CT molecular complexity index is 219. The molecule has 80 valence electrons. The molecule has 0 atom stereocenters. The molecule has 1 aliphatic heterocycles. The highest BCUT2D eigenvalue weighted by molar-refractivity contribution is 5.73. The largest absolute Gasteiger partial charge is 0.469 e. The molecule has 1 rings (SSSR count). The van der Waals surface area contributed by atoms with Gasteiger partial charge in [0.2, 0.25) is 5.91 Å². The van der Waals surface area contributed by atoms with Crippen molar-refractivity contribution < 1.29 is 14.3 Å².